The van der Waals surface area contributed by atoms with Crippen LogP contribution in [0.15, 0.2) is 53.6 Å². The third kappa shape index (κ3) is 4.00. The van der Waals surface area contributed by atoms with E-state index in [0.717, 1.165) is 0 Å². The number of anilines is 1. The molecule has 1 aromatic carbocycles. The lowest BCUT2D eigenvalue weighted by molar-refractivity contribution is 0.366. The molecule has 0 aliphatic rings. The minimum absolute atomic E-state index is 0.277. The topological polar surface area (TPSA) is 97.7 Å². The number of fused-ring (bicyclic) bond motifs is 1. The first-order chi connectivity index (χ1) is 14.3. The van der Waals surface area contributed by atoms with E-state index in [2.05, 4.69) is 25.4 Å². The number of aromatic nitrogens is 5. The van der Waals surface area contributed by atoms with Gasteiger partial charge in [0.25, 0.3) is 5.56 Å². The Hall–Kier alpha value is -3.75. The van der Waals surface area contributed by atoms with E-state index in [0.29, 0.717) is 34.2 Å². The predicted octanol–water partition coefficient (Wildman–Crippen LogP) is 3.81. The molecule has 0 fully saturated rings. The fourth-order valence-electron chi connectivity index (χ4n) is 2.96. The minimum atomic E-state index is -0.395. The fraction of sp³-hybridized carbons (Fsp3) is 0.238. The Balaban J connectivity index is 1.60. The van der Waals surface area contributed by atoms with Crippen LogP contribution in [0.3, 0.4) is 0 Å². The lowest BCUT2D eigenvalue weighted by atomic mass is 10.1. The molecule has 0 atom stereocenters. The lowest BCUT2D eigenvalue weighted by Gasteiger charge is -2.19. The Morgan fingerprint density at radius 1 is 1.23 bits per heavy atom. The van der Waals surface area contributed by atoms with Crippen LogP contribution in [0.4, 0.5) is 10.3 Å². The second-order valence-electron chi connectivity index (χ2n) is 7.76. The summed E-state index contributed by atoms with van der Waals surface area (Å²) < 4.78 is 20.9. The van der Waals surface area contributed by atoms with Crippen LogP contribution in [0.1, 0.15) is 26.3 Å². The molecule has 0 radical (unpaired) electrons. The number of pyridine rings is 1. The van der Waals surface area contributed by atoms with E-state index < -0.39 is 5.82 Å². The maximum atomic E-state index is 13.4. The first-order valence-corrected chi connectivity index (χ1v) is 9.41. The van der Waals surface area contributed by atoms with Gasteiger partial charge >= 0.3 is 0 Å². The van der Waals surface area contributed by atoms with Gasteiger partial charge in [-0.2, -0.15) is 10.1 Å². The van der Waals surface area contributed by atoms with Gasteiger partial charge in [-0.3, -0.25) is 9.78 Å². The summed E-state index contributed by atoms with van der Waals surface area (Å²) in [6.07, 6.45) is 3.11. The maximum Gasteiger partial charge on any atom is 0.263 e. The third-order valence-electron chi connectivity index (χ3n) is 4.38. The number of hydrogen-bond acceptors (Lipinski definition) is 6. The molecule has 30 heavy (non-hydrogen) atoms. The zero-order valence-corrected chi connectivity index (χ0v) is 16.8. The van der Waals surface area contributed by atoms with Crippen molar-refractivity contribution in [3.05, 3.63) is 70.5 Å². The zero-order chi connectivity index (χ0) is 21.3. The molecule has 0 bridgehead atoms. The van der Waals surface area contributed by atoms with Crippen LogP contribution < -0.4 is 15.6 Å². The van der Waals surface area contributed by atoms with Gasteiger partial charge in [0.1, 0.15) is 17.0 Å². The average Bonchev–Trinajstić information content (AvgIpc) is 3.12. The van der Waals surface area contributed by atoms with Gasteiger partial charge in [-0.1, -0.05) is 12.1 Å². The quantitative estimate of drug-likeness (QED) is 0.521. The molecule has 4 rings (SSSR count). The molecule has 0 aliphatic carbocycles. The molecule has 0 spiro atoms. The summed E-state index contributed by atoms with van der Waals surface area (Å²) in [5.41, 5.74) is 0.611. The molecule has 9 heteroatoms. The van der Waals surface area contributed by atoms with Crippen molar-refractivity contribution in [3.8, 4) is 11.6 Å². The van der Waals surface area contributed by atoms with Crippen LogP contribution in [0.2, 0.25) is 0 Å². The number of aromatic amines is 1. The van der Waals surface area contributed by atoms with Crippen molar-refractivity contribution in [3.63, 3.8) is 0 Å². The van der Waals surface area contributed by atoms with Crippen molar-refractivity contribution in [2.45, 2.75) is 32.9 Å². The number of hydrogen-bond donors (Lipinski definition) is 2. The Morgan fingerprint density at radius 2 is 2.07 bits per heavy atom. The van der Waals surface area contributed by atoms with Crippen LogP contribution in [-0.4, -0.2) is 24.7 Å². The van der Waals surface area contributed by atoms with E-state index in [4.69, 9.17) is 4.74 Å². The summed E-state index contributed by atoms with van der Waals surface area (Å²) in [4.78, 5) is 23.9. The number of ether oxygens (including phenoxy) is 1. The van der Waals surface area contributed by atoms with Crippen LogP contribution in [0.25, 0.3) is 11.0 Å². The highest BCUT2D eigenvalue weighted by molar-refractivity contribution is 5.74. The van der Waals surface area contributed by atoms with Crippen molar-refractivity contribution in [1.29, 1.82) is 0 Å². The Labute approximate surface area is 171 Å². The van der Waals surface area contributed by atoms with Crippen LogP contribution in [-0.2, 0) is 12.1 Å². The van der Waals surface area contributed by atoms with Gasteiger partial charge in [-0.25, -0.2) is 14.1 Å². The van der Waals surface area contributed by atoms with Crippen LogP contribution >= 0.6 is 0 Å². The molecule has 8 nitrogen and oxygen atoms in total. The zero-order valence-electron chi connectivity index (χ0n) is 16.8. The van der Waals surface area contributed by atoms with Gasteiger partial charge in [-0.15, -0.1) is 0 Å². The molecule has 0 aliphatic heterocycles. The number of benzene rings is 1. The summed E-state index contributed by atoms with van der Waals surface area (Å²) in [7, 11) is 0. The number of halogens is 1. The van der Waals surface area contributed by atoms with Crippen LogP contribution in [0.5, 0.6) is 11.6 Å². The normalized spacial score (nSPS) is 11.6. The van der Waals surface area contributed by atoms with Crippen molar-refractivity contribution in [1.82, 2.24) is 24.7 Å². The van der Waals surface area contributed by atoms with Gasteiger partial charge in [0.15, 0.2) is 5.65 Å². The van der Waals surface area contributed by atoms with Gasteiger partial charge < -0.3 is 10.1 Å². The van der Waals surface area contributed by atoms with Crippen molar-refractivity contribution >= 4 is 17.0 Å². The van der Waals surface area contributed by atoms with E-state index in [1.54, 1.807) is 29.1 Å². The van der Waals surface area contributed by atoms with Gasteiger partial charge in [0.2, 0.25) is 11.8 Å². The number of H-pyrrole nitrogens is 1. The SMILES string of the molecule is CC(C)(C)n1ncc2c(=O)[nH]c(NCc3cccnc3Oc3cccc(F)c3)nc21. The molecule has 0 amide bonds. The third-order valence-corrected chi connectivity index (χ3v) is 4.38. The monoisotopic (exact) mass is 408 g/mol. The first kappa shape index (κ1) is 19.6. The summed E-state index contributed by atoms with van der Waals surface area (Å²) in [5, 5.41) is 7.82. The number of rotatable bonds is 5. The molecular formula is C21H21FN6O2. The van der Waals surface area contributed by atoms with E-state index in [1.165, 1.54) is 18.3 Å². The Kier molecular flexibility index (Phi) is 4.94. The predicted molar refractivity (Wildman–Crippen MR) is 111 cm³/mol. The Bertz CT molecular complexity index is 1260. The smallest absolute Gasteiger partial charge is 0.263 e. The molecule has 3 aromatic heterocycles. The van der Waals surface area contributed by atoms with E-state index in [-0.39, 0.29) is 17.6 Å². The fourth-order valence-corrected chi connectivity index (χ4v) is 2.96. The van der Waals surface area contributed by atoms with Gasteiger partial charge in [-0.05, 0) is 39.0 Å². The number of nitrogens with zero attached hydrogens (tertiary/aromatic N) is 4. The summed E-state index contributed by atoms with van der Waals surface area (Å²) >= 11 is 0. The highest BCUT2D eigenvalue weighted by Crippen LogP contribution is 2.24. The second-order valence-corrected chi connectivity index (χ2v) is 7.76. The molecule has 0 saturated carbocycles. The van der Waals surface area contributed by atoms with E-state index in [1.807, 2.05) is 26.8 Å². The molecular weight excluding hydrogens is 387 g/mol. The van der Waals surface area contributed by atoms with Crippen molar-refractivity contribution < 1.29 is 9.13 Å². The largest absolute Gasteiger partial charge is 0.439 e. The molecule has 4 aromatic rings. The summed E-state index contributed by atoms with van der Waals surface area (Å²) in [5.74, 6) is 0.587. The van der Waals surface area contributed by atoms with Crippen LogP contribution in [0, 0.1) is 5.82 Å². The Morgan fingerprint density at radius 3 is 2.83 bits per heavy atom. The highest BCUT2D eigenvalue weighted by Gasteiger charge is 2.20. The first-order valence-electron chi connectivity index (χ1n) is 9.41. The van der Waals surface area contributed by atoms with E-state index >= 15 is 0 Å². The minimum Gasteiger partial charge on any atom is -0.439 e. The van der Waals surface area contributed by atoms with Gasteiger partial charge in [0.05, 0.1) is 11.7 Å². The van der Waals surface area contributed by atoms with Crippen molar-refractivity contribution in [2.75, 3.05) is 5.32 Å². The standard InChI is InChI=1S/C21H21FN6O2/c1-21(2,3)28-17-16(12-25-28)18(29)27-20(26-17)24-11-13-6-5-9-23-19(13)30-15-8-4-7-14(22)10-15/h4-10,12H,11H2,1-3H3,(H2,24,26,27,29). The molecule has 0 saturated heterocycles. The number of nitrogens with one attached hydrogen (secondary N) is 2. The van der Waals surface area contributed by atoms with Crippen molar-refractivity contribution in [2.24, 2.45) is 0 Å². The molecule has 3 heterocycles. The summed E-state index contributed by atoms with van der Waals surface area (Å²) in [6.45, 7) is 6.25. The summed E-state index contributed by atoms with van der Waals surface area (Å²) in [6, 6.07) is 9.43. The molecule has 2 N–H and O–H groups in total. The highest BCUT2D eigenvalue weighted by atomic mass is 19.1. The lowest BCUT2D eigenvalue weighted by Crippen LogP contribution is -2.24. The van der Waals surface area contributed by atoms with Gasteiger partial charge in [0, 0.05) is 24.4 Å². The second kappa shape index (κ2) is 7.58. The average molecular weight is 408 g/mol. The molecule has 154 valence electrons. The van der Waals surface area contributed by atoms with E-state index in [9.17, 15) is 9.18 Å². The molecule has 0 unspecified atom stereocenters. The maximum absolute atomic E-state index is 13.4.